The molecule has 1 fully saturated rings. The van der Waals surface area contributed by atoms with Crippen LogP contribution < -0.4 is 15.4 Å². The number of nitrogens with zero attached hydrogens (tertiary/aromatic N) is 1. The van der Waals surface area contributed by atoms with Crippen molar-refractivity contribution >= 4 is 5.91 Å². The Balaban J connectivity index is 1.84. The Morgan fingerprint density at radius 3 is 3.00 bits per heavy atom. The molecule has 122 valence electrons. The van der Waals surface area contributed by atoms with Crippen LogP contribution in [0.15, 0.2) is 24.3 Å². The van der Waals surface area contributed by atoms with Crippen molar-refractivity contribution in [1.29, 1.82) is 0 Å². The van der Waals surface area contributed by atoms with Gasteiger partial charge in [0.2, 0.25) is 5.91 Å². The van der Waals surface area contributed by atoms with Gasteiger partial charge in [-0.15, -0.1) is 0 Å². The van der Waals surface area contributed by atoms with E-state index >= 15 is 0 Å². The van der Waals surface area contributed by atoms with Gasteiger partial charge in [-0.25, -0.2) is 0 Å². The van der Waals surface area contributed by atoms with Gasteiger partial charge in [0, 0.05) is 25.2 Å². The molecule has 1 aliphatic heterocycles. The number of hydrogen-bond donors (Lipinski definition) is 2. The van der Waals surface area contributed by atoms with Crippen LogP contribution in [-0.2, 0) is 16.1 Å². The van der Waals surface area contributed by atoms with Crippen LogP contribution in [0.5, 0.6) is 5.75 Å². The first-order valence-electron chi connectivity index (χ1n) is 7.61. The summed E-state index contributed by atoms with van der Waals surface area (Å²) in [4.78, 5) is 14.2. The molecule has 6 heteroatoms. The first-order valence-corrected chi connectivity index (χ1v) is 7.61. The highest BCUT2D eigenvalue weighted by atomic mass is 16.5. The number of hydrogen-bond acceptors (Lipinski definition) is 5. The SMILES string of the molecule is CN(C)CCOc1ccccc1CNC(=O)C1COCCN1. The van der Waals surface area contributed by atoms with Crippen molar-refractivity contribution < 1.29 is 14.3 Å². The molecule has 0 aliphatic carbocycles. The summed E-state index contributed by atoms with van der Waals surface area (Å²) in [5.41, 5.74) is 0.978. The molecular weight excluding hydrogens is 282 g/mol. The van der Waals surface area contributed by atoms with Crippen LogP contribution in [0.3, 0.4) is 0 Å². The summed E-state index contributed by atoms with van der Waals surface area (Å²) in [7, 11) is 4.02. The molecule has 1 unspecified atom stereocenters. The summed E-state index contributed by atoms with van der Waals surface area (Å²) in [5.74, 6) is 0.778. The molecule has 1 amide bonds. The average Bonchev–Trinajstić information content (AvgIpc) is 2.54. The molecule has 1 aromatic rings. The minimum Gasteiger partial charge on any atom is -0.492 e. The van der Waals surface area contributed by atoms with Gasteiger partial charge in [-0.1, -0.05) is 18.2 Å². The minimum atomic E-state index is -0.268. The van der Waals surface area contributed by atoms with Gasteiger partial charge in [0.25, 0.3) is 0 Å². The van der Waals surface area contributed by atoms with Crippen molar-refractivity contribution in [3.63, 3.8) is 0 Å². The van der Waals surface area contributed by atoms with E-state index in [1.807, 2.05) is 38.4 Å². The van der Waals surface area contributed by atoms with Crippen LogP contribution in [0.2, 0.25) is 0 Å². The van der Waals surface area contributed by atoms with Gasteiger partial charge < -0.3 is 25.0 Å². The minimum absolute atomic E-state index is 0.0391. The molecule has 0 radical (unpaired) electrons. The quantitative estimate of drug-likeness (QED) is 0.755. The van der Waals surface area contributed by atoms with E-state index in [0.29, 0.717) is 32.9 Å². The van der Waals surface area contributed by atoms with Gasteiger partial charge in [0.1, 0.15) is 18.4 Å². The Bertz CT molecular complexity index is 473. The van der Waals surface area contributed by atoms with E-state index in [1.165, 1.54) is 0 Å². The summed E-state index contributed by atoms with van der Waals surface area (Å²) in [6.07, 6.45) is 0. The largest absolute Gasteiger partial charge is 0.492 e. The topological polar surface area (TPSA) is 62.8 Å². The molecule has 0 spiro atoms. The van der Waals surface area contributed by atoms with Gasteiger partial charge in [-0.3, -0.25) is 4.79 Å². The second kappa shape index (κ2) is 8.73. The first kappa shape index (κ1) is 16.7. The zero-order valence-electron chi connectivity index (χ0n) is 13.3. The lowest BCUT2D eigenvalue weighted by molar-refractivity contribution is -0.126. The summed E-state index contributed by atoms with van der Waals surface area (Å²) < 4.78 is 11.1. The summed E-state index contributed by atoms with van der Waals surface area (Å²) in [5, 5.41) is 6.08. The number of amides is 1. The fraction of sp³-hybridized carbons (Fsp3) is 0.562. The highest BCUT2D eigenvalue weighted by molar-refractivity contribution is 5.82. The smallest absolute Gasteiger partial charge is 0.239 e. The molecule has 1 saturated heterocycles. The third kappa shape index (κ3) is 5.29. The van der Waals surface area contributed by atoms with Crippen molar-refractivity contribution in [1.82, 2.24) is 15.5 Å². The maximum atomic E-state index is 12.1. The highest BCUT2D eigenvalue weighted by Crippen LogP contribution is 2.17. The number of ether oxygens (including phenoxy) is 2. The second-order valence-electron chi connectivity index (χ2n) is 5.56. The van der Waals surface area contributed by atoms with E-state index < -0.39 is 0 Å². The fourth-order valence-corrected chi connectivity index (χ4v) is 2.17. The van der Waals surface area contributed by atoms with E-state index in [9.17, 15) is 4.79 Å². The molecule has 1 aliphatic rings. The molecule has 0 saturated carbocycles. The number of morpholine rings is 1. The van der Waals surface area contributed by atoms with Crippen molar-refractivity contribution in [3.05, 3.63) is 29.8 Å². The molecule has 0 aromatic heterocycles. The normalized spacial score (nSPS) is 18.2. The van der Waals surface area contributed by atoms with Gasteiger partial charge in [-0.2, -0.15) is 0 Å². The number of likely N-dealkylation sites (N-methyl/N-ethyl adjacent to an activating group) is 1. The zero-order chi connectivity index (χ0) is 15.8. The van der Waals surface area contributed by atoms with Crippen LogP contribution in [-0.4, -0.2) is 63.9 Å². The Morgan fingerprint density at radius 2 is 2.27 bits per heavy atom. The van der Waals surface area contributed by atoms with Crippen molar-refractivity contribution in [3.8, 4) is 5.75 Å². The van der Waals surface area contributed by atoms with Crippen molar-refractivity contribution in [2.24, 2.45) is 0 Å². The average molecular weight is 307 g/mol. The maximum absolute atomic E-state index is 12.1. The lowest BCUT2D eigenvalue weighted by atomic mass is 10.2. The molecule has 2 rings (SSSR count). The maximum Gasteiger partial charge on any atom is 0.239 e. The highest BCUT2D eigenvalue weighted by Gasteiger charge is 2.20. The molecule has 22 heavy (non-hydrogen) atoms. The monoisotopic (exact) mass is 307 g/mol. The Hall–Kier alpha value is -1.63. The molecule has 6 nitrogen and oxygen atoms in total. The van der Waals surface area contributed by atoms with Gasteiger partial charge in [0.05, 0.1) is 13.2 Å². The van der Waals surface area contributed by atoms with Crippen LogP contribution >= 0.6 is 0 Å². The third-order valence-corrected chi connectivity index (χ3v) is 3.46. The molecular formula is C16H25N3O3. The van der Waals surface area contributed by atoms with Crippen LogP contribution in [0.1, 0.15) is 5.56 Å². The van der Waals surface area contributed by atoms with Crippen LogP contribution in [0.4, 0.5) is 0 Å². The van der Waals surface area contributed by atoms with Gasteiger partial charge in [0.15, 0.2) is 0 Å². The number of carbonyl (C=O) groups excluding carboxylic acids is 1. The Labute approximate surface area is 131 Å². The van der Waals surface area contributed by atoms with Gasteiger partial charge in [-0.05, 0) is 20.2 Å². The predicted molar refractivity (Wildman–Crippen MR) is 84.9 cm³/mol. The zero-order valence-corrected chi connectivity index (χ0v) is 13.3. The molecule has 0 bridgehead atoms. The predicted octanol–water partition coefficient (Wildman–Crippen LogP) is 0.232. The van der Waals surface area contributed by atoms with E-state index in [2.05, 4.69) is 15.5 Å². The summed E-state index contributed by atoms with van der Waals surface area (Å²) in [6, 6.07) is 7.51. The van der Waals surface area contributed by atoms with E-state index in [4.69, 9.17) is 9.47 Å². The lowest BCUT2D eigenvalue weighted by Gasteiger charge is -2.23. The first-order chi connectivity index (χ1) is 10.7. The Kier molecular flexibility index (Phi) is 6.64. The Morgan fingerprint density at radius 1 is 1.45 bits per heavy atom. The summed E-state index contributed by atoms with van der Waals surface area (Å²) >= 11 is 0. The van der Waals surface area contributed by atoms with Crippen molar-refractivity contribution in [2.75, 3.05) is 47.0 Å². The number of para-hydroxylation sites is 1. The number of nitrogens with one attached hydrogen (secondary N) is 2. The van der Waals surface area contributed by atoms with E-state index in [-0.39, 0.29) is 11.9 Å². The lowest BCUT2D eigenvalue weighted by Crippen LogP contribution is -2.51. The molecule has 2 N–H and O–H groups in total. The standard InChI is InChI=1S/C16H25N3O3/c1-19(2)8-10-22-15-6-4-3-5-13(15)11-18-16(20)14-12-21-9-7-17-14/h3-6,14,17H,7-12H2,1-2H3,(H,18,20). The molecule has 1 aromatic carbocycles. The second-order valence-corrected chi connectivity index (χ2v) is 5.56. The number of benzene rings is 1. The van der Waals surface area contributed by atoms with E-state index in [1.54, 1.807) is 0 Å². The van der Waals surface area contributed by atoms with Crippen LogP contribution in [0, 0.1) is 0 Å². The fourth-order valence-electron chi connectivity index (χ4n) is 2.17. The van der Waals surface area contributed by atoms with Crippen molar-refractivity contribution in [2.45, 2.75) is 12.6 Å². The molecule has 1 heterocycles. The number of carbonyl (C=O) groups is 1. The number of rotatable bonds is 7. The summed E-state index contributed by atoms with van der Waals surface area (Å²) in [6.45, 7) is 3.72. The molecule has 1 atom stereocenters. The van der Waals surface area contributed by atoms with Crippen LogP contribution in [0.25, 0.3) is 0 Å². The van der Waals surface area contributed by atoms with Gasteiger partial charge >= 0.3 is 0 Å². The third-order valence-electron chi connectivity index (χ3n) is 3.46. The van der Waals surface area contributed by atoms with E-state index in [0.717, 1.165) is 17.9 Å².